The molecule has 1 saturated carbocycles. The van der Waals surface area contributed by atoms with E-state index in [1.807, 2.05) is 24.3 Å². The number of benzene rings is 2. The monoisotopic (exact) mass is 440 g/mol. The van der Waals surface area contributed by atoms with Gasteiger partial charge in [-0.3, -0.25) is 4.79 Å². The first-order valence-electron chi connectivity index (χ1n) is 10.1. The van der Waals surface area contributed by atoms with Crippen LogP contribution in [0.15, 0.2) is 35.4 Å². The van der Waals surface area contributed by atoms with Crippen LogP contribution in [0.25, 0.3) is 12.2 Å². The molecule has 0 amide bonds. The van der Waals surface area contributed by atoms with Crippen molar-refractivity contribution < 1.29 is 33.2 Å². The second kappa shape index (κ2) is 10.1. The van der Waals surface area contributed by atoms with E-state index in [1.54, 1.807) is 54.8 Å². The number of carbonyl (C=O) groups is 1. The van der Waals surface area contributed by atoms with Crippen molar-refractivity contribution in [1.82, 2.24) is 0 Å². The van der Waals surface area contributed by atoms with Crippen LogP contribution in [0.4, 0.5) is 0 Å². The van der Waals surface area contributed by atoms with Gasteiger partial charge in [0.2, 0.25) is 11.5 Å². The van der Waals surface area contributed by atoms with E-state index in [0.29, 0.717) is 58.5 Å². The molecule has 170 valence electrons. The standard InChI is InChI=1S/C25H28O7/c1-27-19-11-9-17(22(29-3)24(19)31-5)13-15-7-8-16(21(15)26)14-18-10-12-20(28-2)25(32-6)23(18)30-4/h9-14H,7-8H2,1-6H3/b15-13+,16-14+. The average molecular weight is 440 g/mol. The van der Waals surface area contributed by atoms with Crippen molar-refractivity contribution in [3.63, 3.8) is 0 Å². The summed E-state index contributed by atoms with van der Waals surface area (Å²) in [6.45, 7) is 0. The van der Waals surface area contributed by atoms with Gasteiger partial charge in [-0.25, -0.2) is 0 Å². The molecule has 7 nitrogen and oxygen atoms in total. The molecule has 32 heavy (non-hydrogen) atoms. The molecule has 2 aromatic carbocycles. The van der Waals surface area contributed by atoms with Gasteiger partial charge in [0.25, 0.3) is 0 Å². The molecule has 1 aliphatic carbocycles. The van der Waals surface area contributed by atoms with E-state index >= 15 is 0 Å². The molecule has 1 aliphatic rings. The number of allylic oxidation sites excluding steroid dienone is 2. The summed E-state index contributed by atoms with van der Waals surface area (Å²) in [6, 6.07) is 7.27. The Morgan fingerprint density at radius 2 is 0.938 bits per heavy atom. The zero-order valence-corrected chi connectivity index (χ0v) is 19.2. The van der Waals surface area contributed by atoms with Crippen molar-refractivity contribution in [3.8, 4) is 34.5 Å². The minimum atomic E-state index is -0.0151. The van der Waals surface area contributed by atoms with Crippen LogP contribution in [0, 0.1) is 0 Å². The maximum absolute atomic E-state index is 13.1. The van der Waals surface area contributed by atoms with Crippen molar-refractivity contribution in [3.05, 3.63) is 46.5 Å². The lowest BCUT2D eigenvalue weighted by Crippen LogP contribution is -2.00. The molecule has 0 aliphatic heterocycles. The molecule has 0 saturated heterocycles. The maximum atomic E-state index is 13.1. The predicted octanol–water partition coefficient (Wildman–Crippen LogP) is 4.57. The lowest BCUT2D eigenvalue weighted by Gasteiger charge is -2.14. The molecular weight excluding hydrogens is 412 g/mol. The number of Topliss-reactive ketones (excluding diaryl/α,β-unsaturated/α-hetero) is 1. The molecule has 2 aromatic rings. The highest BCUT2D eigenvalue weighted by Crippen LogP contribution is 2.43. The Bertz CT molecular complexity index is 983. The first-order valence-corrected chi connectivity index (χ1v) is 10.1. The summed E-state index contributed by atoms with van der Waals surface area (Å²) in [4.78, 5) is 13.1. The zero-order valence-electron chi connectivity index (χ0n) is 19.2. The Morgan fingerprint density at radius 3 is 1.25 bits per heavy atom. The topological polar surface area (TPSA) is 72.5 Å². The minimum Gasteiger partial charge on any atom is -0.493 e. The molecule has 0 atom stereocenters. The molecule has 0 radical (unpaired) electrons. The predicted molar refractivity (Wildman–Crippen MR) is 122 cm³/mol. The zero-order chi connectivity index (χ0) is 23.3. The van der Waals surface area contributed by atoms with E-state index in [1.165, 1.54) is 0 Å². The summed E-state index contributed by atoms with van der Waals surface area (Å²) in [5, 5.41) is 0. The molecule has 1 fully saturated rings. The highest BCUT2D eigenvalue weighted by molar-refractivity contribution is 6.15. The molecule has 0 bridgehead atoms. The number of ketones is 1. The van der Waals surface area contributed by atoms with Crippen LogP contribution in [0.5, 0.6) is 34.5 Å². The van der Waals surface area contributed by atoms with Crippen LogP contribution in [-0.4, -0.2) is 48.4 Å². The van der Waals surface area contributed by atoms with Crippen LogP contribution >= 0.6 is 0 Å². The van der Waals surface area contributed by atoms with E-state index in [2.05, 4.69) is 0 Å². The van der Waals surface area contributed by atoms with E-state index in [-0.39, 0.29) is 5.78 Å². The molecule has 3 rings (SSSR count). The van der Waals surface area contributed by atoms with Gasteiger partial charge in [0.15, 0.2) is 28.8 Å². The van der Waals surface area contributed by atoms with Crippen LogP contribution in [0.2, 0.25) is 0 Å². The van der Waals surface area contributed by atoms with Crippen LogP contribution < -0.4 is 28.4 Å². The number of hydrogen-bond donors (Lipinski definition) is 0. The first kappa shape index (κ1) is 23.1. The Morgan fingerprint density at radius 1 is 0.562 bits per heavy atom. The third kappa shape index (κ3) is 4.23. The van der Waals surface area contributed by atoms with Gasteiger partial charge >= 0.3 is 0 Å². The van der Waals surface area contributed by atoms with Crippen molar-refractivity contribution in [2.75, 3.05) is 42.7 Å². The third-order valence-corrected chi connectivity index (χ3v) is 5.38. The summed E-state index contributed by atoms with van der Waals surface area (Å²) in [5.74, 6) is 3.12. The van der Waals surface area contributed by atoms with E-state index in [9.17, 15) is 4.79 Å². The van der Waals surface area contributed by atoms with Crippen LogP contribution in [-0.2, 0) is 4.79 Å². The number of ether oxygens (including phenoxy) is 6. The van der Waals surface area contributed by atoms with Crippen molar-refractivity contribution >= 4 is 17.9 Å². The summed E-state index contributed by atoms with van der Waals surface area (Å²) in [5.41, 5.74) is 2.89. The summed E-state index contributed by atoms with van der Waals surface area (Å²) in [6.07, 6.45) is 4.93. The van der Waals surface area contributed by atoms with Gasteiger partial charge in [-0.2, -0.15) is 0 Å². The quantitative estimate of drug-likeness (QED) is 0.557. The lowest BCUT2D eigenvalue weighted by molar-refractivity contribution is -0.111. The van der Waals surface area contributed by atoms with Gasteiger partial charge in [0.05, 0.1) is 42.7 Å². The fourth-order valence-corrected chi connectivity index (χ4v) is 3.83. The second-order valence-electron chi connectivity index (χ2n) is 7.02. The third-order valence-electron chi connectivity index (χ3n) is 5.38. The second-order valence-corrected chi connectivity index (χ2v) is 7.02. The highest BCUT2D eigenvalue weighted by atomic mass is 16.5. The Kier molecular flexibility index (Phi) is 7.30. The van der Waals surface area contributed by atoms with Crippen molar-refractivity contribution in [2.24, 2.45) is 0 Å². The fourth-order valence-electron chi connectivity index (χ4n) is 3.83. The van der Waals surface area contributed by atoms with Crippen LogP contribution in [0.3, 0.4) is 0 Å². The molecule has 0 heterocycles. The van der Waals surface area contributed by atoms with Gasteiger partial charge in [-0.05, 0) is 49.3 Å². The van der Waals surface area contributed by atoms with E-state index < -0.39 is 0 Å². The summed E-state index contributed by atoms with van der Waals surface area (Å²) < 4.78 is 32.6. The molecule has 0 aromatic heterocycles. The van der Waals surface area contributed by atoms with Crippen molar-refractivity contribution in [2.45, 2.75) is 12.8 Å². The Balaban J connectivity index is 1.99. The van der Waals surface area contributed by atoms with Gasteiger partial charge in [0, 0.05) is 22.3 Å². The first-order chi connectivity index (χ1) is 15.5. The minimum absolute atomic E-state index is 0.0151. The normalized spacial score (nSPS) is 15.8. The fraction of sp³-hybridized carbons (Fsp3) is 0.320. The summed E-state index contributed by atoms with van der Waals surface area (Å²) in [7, 11) is 9.35. The Labute approximate surface area is 188 Å². The molecule has 0 N–H and O–H groups in total. The molecule has 7 heteroatoms. The van der Waals surface area contributed by atoms with Gasteiger partial charge in [-0.15, -0.1) is 0 Å². The lowest BCUT2D eigenvalue weighted by atomic mass is 10.0. The number of hydrogen-bond acceptors (Lipinski definition) is 7. The largest absolute Gasteiger partial charge is 0.493 e. The molecular formula is C25H28O7. The van der Waals surface area contributed by atoms with E-state index in [4.69, 9.17) is 28.4 Å². The highest BCUT2D eigenvalue weighted by Gasteiger charge is 2.25. The number of methoxy groups -OCH3 is 6. The number of rotatable bonds is 8. The molecule has 0 unspecified atom stereocenters. The summed E-state index contributed by atoms with van der Waals surface area (Å²) >= 11 is 0. The van der Waals surface area contributed by atoms with Gasteiger partial charge < -0.3 is 28.4 Å². The Hall–Kier alpha value is -3.61. The molecule has 0 spiro atoms. The van der Waals surface area contributed by atoms with Crippen LogP contribution in [0.1, 0.15) is 24.0 Å². The van der Waals surface area contributed by atoms with Gasteiger partial charge in [-0.1, -0.05) is 0 Å². The number of carbonyl (C=O) groups excluding carboxylic acids is 1. The average Bonchev–Trinajstić information content (AvgIpc) is 3.16. The van der Waals surface area contributed by atoms with Gasteiger partial charge in [0.1, 0.15) is 0 Å². The van der Waals surface area contributed by atoms with E-state index in [0.717, 1.165) is 11.1 Å². The maximum Gasteiger partial charge on any atom is 0.203 e. The smallest absolute Gasteiger partial charge is 0.203 e. The SMILES string of the molecule is COc1ccc(/C=C2\CC/C(=C\c3ccc(OC)c(OC)c3OC)C2=O)c(OC)c1OC. The van der Waals surface area contributed by atoms with Crippen molar-refractivity contribution in [1.29, 1.82) is 0 Å².